The minimum absolute atomic E-state index is 0.0264. The Balaban J connectivity index is 2.34. The zero-order valence-corrected chi connectivity index (χ0v) is 11.1. The third-order valence-electron chi connectivity index (χ3n) is 2.30. The van der Waals surface area contributed by atoms with Crippen molar-refractivity contribution in [2.75, 3.05) is 20.6 Å². The summed E-state index contributed by atoms with van der Waals surface area (Å²) in [7, 11) is 3.26. The Hall–Kier alpha value is -1.75. The van der Waals surface area contributed by atoms with Crippen LogP contribution in [0, 0.1) is 0 Å². The van der Waals surface area contributed by atoms with E-state index in [4.69, 9.17) is 11.6 Å². The lowest BCUT2D eigenvalue weighted by atomic mass is 10.2. The van der Waals surface area contributed by atoms with Gasteiger partial charge in [0, 0.05) is 25.7 Å². The van der Waals surface area contributed by atoms with Gasteiger partial charge >= 0.3 is 6.03 Å². The van der Waals surface area contributed by atoms with Gasteiger partial charge in [0.05, 0.1) is 6.54 Å². The Morgan fingerprint density at radius 3 is 2.50 bits per heavy atom. The van der Waals surface area contributed by atoms with Crippen LogP contribution in [0.5, 0.6) is 0 Å². The highest BCUT2D eigenvalue weighted by Crippen LogP contribution is 2.13. The number of amides is 3. The number of halogens is 1. The zero-order chi connectivity index (χ0) is 13.5. The topological polar surface area (TPSA) is 61.4 Å². The molecule has 0 aliphatic rings. The molecule has 5 nitrogen and oxygen atoms in total. The quantitative estimate of drug-likeness (QED) is 0.864. The van der Waals surface area contributed by atoms with E-state index >= 15 is 0 Å². The molecule has 2 N–H and O–H groups in total. The molecule has 0 unspecified atom stereocenters. The molecule has 0 atom stereocenters. The molecule has 0 saturated carbocycles. The van der Waals surface area contributed by atoms with Crippen LogP contribution in [0.3, 0.4) is 0 Å². The van der Waals surface area contributed by atoms with Gasteiger partial charge in [0.25, 0.3) is 0 Å². The molecule has 0 bridgehead atoms. The number of rotatable bonds is 4. The summed E-state index contributed by atoms with van der Waals surface area (Å²) in [6.45, 7) is 0.295. The standard InChI is InChI=1S/C12H16ClN3O2/c1-16(2)11(17)8-15-12(18)14-7-9-5-3-4-6-10(9)13/h3-6H,7-8H2,1-2H3,(H2,14,15,18). The molecule has 1 rings (SSSR count). The molecule has 0 aliphatic heterocycles. The van der Waals surface area contributed by atoms with Gasteiger partial charge in [0.2, 0.25) is 5.91 Å². The minimum atomic E-state index is -0.398. The van der Waals surface area contributed by atoms with Crippen molar-refractivity contribution in [1.82, 2.24) is 15.5 Å². The van der Waals surface area contributed by atoms with E-state index in [9.17, 15) is 9.59 Å². The first-order chi connectivity index (χ1) is 8.50. The highest BCUT2D eigenvalue weighted by molar-refractivity contribution is 6.31. The van der Waals surface area contributed by atoms with Gasteiger partial charge in [0.1, 0.15) is 0 Å². The maximum atomic E-state index is 11.4. The third-order valence-corrected chi connectivity index (χ3v) is 2.66. The normalized spacial score (nSPS) is 9.72. The Kier molecular flexibility index (Phi) is 5.45. The van der Waals surface area contributed by atoms with Crippen LogP contribution in [0.1, 0.15) is 5.56 Å². The summed E-state index contributed by atoms with van der Waals surface area (Å²) < 4.78 is 0. The van der Waals surface area contributed by atoms with Crippen LogP contribution < -0.4 is 10.6 Å². The minimum Gasteiger partial charge on any atom is -0.347 e. The molecule has 0 radical (unpaired) electrons. The number of nitrogens with zero attached hydrogens (tertiary/aromatic N) is 1. The lowest BCUT2D eigenvalue weighted by Gasteiger charge is -2.12. The van der Waals surface area contributed by atoms with Crippen molar-refractivity contribution in [2.24, 2.45) is 0 Å². The monoisotopic (exact) mass is 269 g/mol. The maximum Gasteiger partial charge on any atom is 0.315 e. The second-order valence-corrected chi connectivity index (χ2v) is 4.32. The number of carbonyl (C=O) groups is 2. The van der Waals surface area contributed by atoms with Gasteiger partial charge in [-0.25, -0.2) is 4.79 Å². The molecule has 1 aromatic carbocycles. The van der Waals surface area contributed by atoms with Crippen LogP contribution in [-0.4, -0.2) is 37.5 Å². The van der Waals surface area contributed by atoms with Crippen LogP contribution in [0.25, 0.3) is 0 Å². The van der Waals surface area contributed by atoms with E-state index in [1.54, 1.807) is 20.2 Å². The number of urea groups is 1. The fourth-order valence-corrected chi connectivity index (χ4v) is 1.40. The second kappa shape index (κ2) is 6.86. The van der Waals surface area contributed by atoms with Gasteiger partial charge in [-0.3, -0.25) is 4.79 Å². The van der Waals surface area contributed by atoms with Crippen LogP contribution >= 0.6 is 11.6 Å². The molecule has 0 spiro atoms. The van der Waals surface area contributed by atoms with E-state index in [2.05, 4.69) is 10.6 Å². The first-order valence-corrected chi connectivity index (χ1v) is 5.83. The first kappa shape index (κ1) is 14.3. The molecule has 0 saturated heterocycles. The lowest BCUT2D eigenvalue weighted by Crippen LogP contribution is -2.41. The summed E-state index contributed by atoms with van der Waals surface area (Å²) in [5, 5.41) is 5.70. The average Bonchev–Trinajstić information content (AvgIpc) is 2.34. The number of likely N-dealkylation sites (N-methyl/N-ethyl adjacent to an activating group) is 1. The SMILES string of the molecule is CN(C)C(=O)CNC(=O)NCc1ccccc1Cl. The summed E-state index contributed by atoms with van der Waals surface area (Å²) in [4.78, 5) is 24.1. The number of nitrogens with one attached hydrogen (secondary N) is 2. The van der Waals surface area contributed by atoms with E-state index in [1.807, 2.05) is 18.2 Å². The largest absolute Gasteiger partial charge is 0.347 e. The molecule has 18 heavy (non-hydrogen) atoms. The van der Waals surface area contributed by atoms with Crippen molar-refractivity contribution in [3.63, 3.8) is 0 Å². The second-order valence-electron chi connectivity index (χ2n) is 3.92. The molecule has 3 amide bonds. The smallest absolute Gasteiger partial charge is 0.315 e. The van der Waals surface area contributed by atoms with Gasteiger partial charge in [-0.2, -0.15) is 0 Å². The molecule has 0 fully saturated rings. The van der Waals surface area contributed by atoms with Crippen molar-refractivity contribution in [3.8, 4) is 0 Å². The van der Waals surface area contributed by atoms with E-state index < -0.39 is 6.03 Å². The predicted octanol–water partition coefficient (Wildman–Crippen LogP) is 1.23. The summed E-state index contributed by atoms with van der Waals surface area (Å²) in [5.74, 6) is -0.164. The highest BCUT2D eigenvalue weighted by Gasteiger charge is 2.07. The van der Waals surface area contributed by atoms with Crippen LogP contribution in [0.4, 0.5) is 4.79 Å². The summed E-state index contributed by atoms with van der Waals surface area (Å²) in [5.41, 5.74) is 0.827. The molecule has 0 aliphatic carbocycles. The van der Waals surface area contributed by atoms with Crippen LogP contribution in [0.2, 0.25) is 5.02 Å². The number of benzene rings is 1. The molecular weight excluding hydrogens is 254 g/mol. The first-order valence-electron chi connectivity index (χ1n) is 5.46. The molecular formula is C12H16ClN3O2. The molecule has 0 aromatic heterocycles. The number of hydrogen-bond donors (Lipinski definition) is 2. The number of hydrogen-bond acceptors (Lipinski definition) is 2. The molecule has 6 heteroatoms. The average molecular weight is 270 g/mol. The predicted molar refractivity (Wildman–Crippen MR) is 70.4 cm³/mol. The lowest BCUT2D eigenvalue weighted by molar-refractivity contribution is -0.127. The van der Waals surface area contributed by atoms with Crippen molar-refractivity contribution < 1.29 is 9.59 Å². The maximum absolute atomic E-state index is 11.4. The summed E-state index contributed by atoms with van der Waals surface area (Å²) >= 11 is 5.94. The van der Waals surface area contributed by atoms with Crippen molar-refractivity contribution in [1.29, 1.82) is 0 Å². The van der Waals surface area contributed by atoms with E-state index in [0.717, 1.165) is 5.56 Å². The van der Waals surface area contributed by atoms with E-state index in [1.165, 1.54) is 4.90 Å². The van der Waals surface area contributed by atoms with Crippen molar-refractivity contribution in [3.05, 3.63) is 34.9 Å². The summed E-state index contributed by atoms with van der Waals surface area (Å²) in [6, 6.07) is 6.85. The Labute approximate surface area is 111 Å². The Bertz CT molecular complexity index is 435. The van der Waals surface area contributed by atoms with Gasteiger partial charge in [-0.15, -0.1) is 0 Å². The number of carbonyl (C=O) groups excluding carboxylic acids is 2. The van der Waals surface area contributed by atoms with Crippen LogP contribution in [-0.2, 0) is 11.3 Å². The highest BCUT2D eigenvalue weighted by atomic mass is 35.5. The van der Waals surface area contributed by atoms with Gasteiger partial charge in [0.15, 0.2) is 0 Å². The van der Waals surface area contributed by atoms with Crippen LogP contribution in [0.15, 0.2) is 24.3 Å². The molecule has 98 valence electrons. The fourth-order valence-electron chi connectivity index (χ4n) is 1.19. The Morgan fingerprint density at radius 1 is 1.22 bits per heavy atom. The van der Waals surface area contributed by atoms with E-state index in [0.29, 0.717) is 11.6 Å². The third kappa shape index (κ3) is 4.63. The molecule has 0 heterocycles. The zero-order valence-electron chi connectivity index (χ0n) is 10.4. The Morgan fingerprint density at radius 2 is 1.89 bits per heavy atom. The van der Waals surface area contributed by atoms with Crippen molar-refractivity contribution in [2.45, 2.75) is 6.54 Å². The van der Waals surface area contributed by atoms with Gasteiger partial charge in [-0.1, -0.05) is 29.8 Å². The van der Waals surface area contributed by atoms with Crippen molar-refractivity contribution >= 4 is 23.5 Å². The summed E-state index contributed by atoms with van der Waals surface area (Å²) in [6.07, 6.45) is 0. The van der Waals surface area contributed by atoms with Gasteiger partial charge in [-0.05, 0) is 11.6 Å². The van der Waals surface area contributed by atoms with Gasteiger partial charge < -0.3 is 15.5 Å². The molecule has 1 aromatic rings. The fraction of sp³-hybridized carbons (Fsp3) is 0.333. The van der Waals surface area contributed by atoms with E-state index in [-0.39, 0.29) is 12.5 Å².